The number of rotatable bonds is 3. The summed E-state index contributed by atoms with van der Waals surface area (Å²) in [5.41, 5.74) is 1.04. The molecule has 0 radical (unpaired) electrons. The molecule has 1 aromatic carbocycles. The van der Waals surface area contributed by atoms with Gasteiger partial charge in [0.1, 0.15) is 11.6 Å². The average molecular weight is 370 g/mol. The molecule has 144 valence electrons. The van der Waals surface area contributed by atoms with Crippen LogP contribution in [0.15, 0.2) is 36.7 Å². The molecular formula is C21H27FN4O. The molecule has 0 spiro atoms. The van der Waals surface area contributed by atoms with Crippen molar-refractivity contribution in [3.05, 3.63) is 53.9 Å². The molecule has 4 rings (SSSR count). The minimum atomic E-state index is -0.194. The van der Waals surface area contributed by atoms with E-state index in [1.807, 2.05) is 28.8 Å². The third-order valence-electron chi connectivity index (χ3n) is 6.07. The van der Waals surface area contributed by atoms with E-state index in [4.69, 9.17) is 0 Å². The first-order chi connectivity index (χ1) is 12.8. The Balaban J connectivity index is 1.40. The summed E-state index contributed by atoms with van der Waals surface area (Å²) in [6.07, 6.45) is 6.46. The SMILES string of the molecule is Cn1ccnc1C1N(C(=O)NC2CCC(c3cccc(F)c3)C2)CC1(C)C. The van der Waals surface area contributed by atoms with E-state index in [0.29, 0.717) is 5.92 Å². The number of hydrogen-bond donors (Lipinski definition) is 1. The molecule has 0 bridgehead atoms. The topological polar surface area (TPSA) is 50.2 Å². The van der Waals surface area contributed by atoms with E-state index in [1.165, 1.54) is 6.07 Å². The maximum atomic E-state index is 13.5. The summed E-state index contributed by atoms with van der Waals surface area (Å²) in [5.74, 6) is 1.04. The van der Waals surface area contributed by atoms with Crippen LogP contribution in [0.2, 0.25) is 0 Å². The van der Waals surface area contributed by atoms with Gasteiger partial charge in [0, 0.05) is 37.4 Å². The number of urea groups is 1. The fourth-order valence-corrected chi connectivity index (χ4v) is 4.68. The molecular weight excluding hydrogens is 343 g/mol. The molecule has 27 heavy (non-hydrogen) atoms. The zero-order valence-electron chi connectivity index (χ0n) is 16.2. The van der Waals surface area contributed by atoms with Gasteiger partial charge in [0.05, 0.1) is 6.04 Å². The highest BCUT2D eigenvalue weighted by atomic mass is 19.1. The number of carbonyl (C=O) groups excluding carboxylic acids is 1. The molecule has 2 aromatic rings. The molecule has 1 saturated heterocycles. The predicted molar refractivity (Wildman–Crippen MR) is 102 cm³/mol. The highest BCUT2D eigenvalue weighted by molar-refractivity contribution is 5.76. The van der Waals surface area contributed by atoms with E-state index < -0.39 is 0 Å². The van der Waals surface area contributed by atoms with Crippen LogP contribution in [-0.2, 0) is 7.05 Å². The van der Waals surface area contributed by atoms with Crippen molar-refractivity contribution in [1.29, 1.82) is 0 Å². The Morgan fingerprint density at radius 2 is 2.15 bits per heavy atom. The molecule has 1 aliphatic carbocycles. The van der Waals surface area contributed by atoms with Gasteiger partial charge in [-0.3, -0.25) is 0 Å². The van der Waals surface area contributed by atoms with Crippen molar-refractivity contribution >= 4 is 6.03 Å². The Labute approximate surface area is 159 Å². The van der Waals surface area contributed by atoms with Crippen molar-refractivity contribution in [2.45, 2.75) is 51.1 Å². The zero-order valence-corrected chi connectivity index (χ0v) is 16.2. The summed E-state index contributed by atoms with van der Waals surface area (Å²) in [7, 11) is 1.97. The van der Waals surface area contributed by atoms with Gasteiger partial charge < -0.3 is 14.8 Å². The Kier molecular flexibility index (Phi) is 4.44. The number of aryl methyl sites for hydroxylation is 1. The molecule has 1 N–H and O–H groups in total. The Morgan fingerprint density at radius 3 is 2.81 bits per heavy atom. The van der Waals surface area contributed by atoms with Crippen LogP contribution in [0.5, 0.6) is 0 Å². The maximum absolute atomic E-state index is 13.5. The molecule has 1 aliphatic heterocycles. The number of aromatic nitrogens is 2. The van der Waals surface area contributed by atoms with E-state index in [2.05, 4.69) is 24.1 Å². The molecule has 2 aliphatic rings. The molecule has 6 heteroatoms. The molecule has 1 aromatic heterocycles. The van der Waals surface area contributed by atoms with Crippen molar-refractivity contribution in [2.75, 3.05) is 6.54 Å². The fraction of sp³-hybridized carbons (Fsp3) is 0.524. The summed E-state index contributed by atoms with van der Waals surface area (Å²) in [6.45, 7) is 5.06. The van der Waals surface area contributed by atoms with Crippen LogP contribution < -0.4 is 5.32 Å². The summed E-state index contributed by atoms with van der Waals surface area (Å²) in [5, 5.41) is 3.20. The molecule has 2 fully saturated rings. The number of hydrogen-bond acceptors (Lipinski definition) is 2. The van der Waals surface area contributed by atoms with Crippen LogP contribution in [0, 0.1) is 11.2 Å². The molecule has 3 unspecified atom stereocenters. The largest absolute Gasteiger partial charge is 0.336 e. The number of likely N-dealkylation sites (tertiary alicyclic amines) is 1. The molecule has 2 amide bonds. The summed E-state index contributed by atoms with van der Waals surface area (Å²) >= 11 is 0. The first-order valence-electron chi connectivity index (χ1n) is 9.65. The van der Waals surface area contributed by atoms with Crippen LogP contribution in [0.3, 0.4) is 0 Å². The maximum Gasteiger partial charge on any atom is 0.318 e. The first-order valence-corrected chi connectivity index (χ1v) is 9.65. The monoisotopic (exact) mass is 370 g/mol. The second-order valence-electron chi connectivity index (χ2n) is 8.63. The van der Waals surface area contributed by atoms with E-state index in [9.17, 15) is 9.18 Å². The lowest BCUT2D eigenvalue weighted by Crippen LogP contribution is -2.61. The number of amides is 2. The minimum absolute atomic E-state index is 0.0101. The van der Waals surface area contributed by atoms with Gasteiger partial charge in [-0.05, 0) is 42.9 Å². The van der Waals surface area contributed by atoms with Gasteiger partial charge >= 0.3 is 6.03 Å². The third kappa shape index (κ3) is 3.33. The number of carbonyl (C=O) groups is 1. The standard InChI is InChI=1S/C21H27FN4O/c1-21(2)13-26(18(21)19-23-9-10-25(19)3)20(27)24-17-8-7-15(12-17)14-5-4-6-16(22)11-14/h4-6,9-11,15,17-18H,7-8,12-13H2,1-3H3,(H,24,27). The minimum Gasteiger partial charge on any atom is -0.336 e. The van der Waals surface area contributed by atoms with Gasteiger partial charge in [0.15, 0.2) is 0 Å². The quantitative estimate of drug-likeness (QED) is 0.888. The van der Waals surface area contributed by atoms with Crippen LogP contribution in [0.4, 0.5) is 9.18 Å². The van der Waals surface area contributed by atoms with Crippen molar-refractivity contribution in [1.82, 2.24) is 19.8 Å². The van der Waals surface area contributed by atoms with Crippen molar-refractivity contribution < 1.29 is 9.18 Å². The molecule has 1 saturated carbocycles. The van der Waals surface area contributed by atoms with E-state index in [1.54, 1.807) is 18.3 Å². The lowest BCUT2D eigenvalue weighted by Gasteiger charge is -2.53. The van der Waals surface area contributed by atoms with E-state index in [0.717, 1.165) is 37.2 Å². The second-order valence-corrected chi connectivity index (χ2v) is 8.63. The molecule has 2 heterocycles. The van der Waals surface area contributed by atoms with E-state index in [-0.39, 0.29) is 29.3 Å². The van der Waals surface area contributed by atoms with Crippen LogP contribution in [0.25, 0.3) is 0 Å². The first kappa shape index (κ1) is 18.0. The van der Waals surface area contributed by atoms with Gasteiger partial charge in [-0.15, -0.1) is 0 Å². The Bertz CT molecular complexity index is 846. The highest BCUT2D eigenvalue weighted by Crippen LogP contribution is 2.47. The van der Waals surface area contributed by atoms with Gasteiger partial charge in [-0.1, -0.05) is 26.0 Å². The lowest BCUT2D eigenvalue weighted by atomic mass is 9.74. The third-order valence-corrected chi connectivity index (χ3v) is 6.07. The normalized spacial score (nSPS) is 26.7. The number of nitrogens with zero attached hydrogens (tertiary/aromatic N) is 3. The van der Waals surface area contributed by atoms with Crippen LogP contribution in [0.1, 0.15) is 56.5 Å². The van der Waals surface area contributed by atoms with Crippen molar-refractivity contribution in [3.8, 4) is 0 Å². The average Bonchev–Trinajstić information content (AvgIpc) is 3.23. The van der Waals surface area contributed by atoms with Gasteiger partial charge in [-0.25, -0.2) is 14.2 Å². The smallest absolute Gasteiger partial charge is 0.318 e. The van der Waals surface area contributed by atoms with Crippen LogP contribution >= 0.6 is 0 Å². The number of nitrogens with one attached hydrogen (secondary N) is 1. The molecule has 3 atom stereocenters. The Morgan fingerprint density at radius 1 is 1.33 bits per heavy atom. The number of halogens is 1. The van der Waals surface area contributed by atoms with E-state index >= 15 is 0 Å². The summed E-state index contributed by atoms with van der Waals surface area (Å²) in [4.78, 5) is 19.3. The van der Waals surface area contributed by atoms with Crippen LogP contribution in [-0.4, -0.2) is 33.1 Å². The second kappa shape index (κ2) is 6.66. The lowest BCUT2D eigenvalue weighted by molar-refractivity contribution is -0.0237. The highest BCUT2D eigenvalue weighted by Gasteiger charge is 2.51. The summed E-state index contributed by atoms with van der Waals surface area (Å²) < 4.78 is 15.5. The Hall–Kier alpha value is -2.37. The molecule has 5 nitrogen and oxygen atoms in total. The van der Waals surface area contributed by atoms with Gasteiger partial charge in [0.25, 0.3) is 0 Å². The number of benzene rings is 1. The summed E-state index contributed by atoms with van der Waals surface area (Å²) in [6, 6.07) is 6.93. The van der Waals surface area contributed by atoms with Crippen molar-refractivity contribution in [3.63, 3.8) is 0 Å². The van der Waals surface area contributed by atoms with Gasteiger partial charge in [-0.2, -0.15) is 0 Å². The number of imidazole rings is 1. The van der Waals surface area contributed by atoms with Crippen molar-refractivity contribution in [2.24, 2.45) is 12.5 Å². The fourth-order valence-electron chi connectivity index (χ4n) is 4.68. The zero-order chi connectivity index (χ0) is 19.2. The van der Waals surface area contributed by atoms with Gasteiger partial charge in [0.2, 0.25) is 0 Å². The predicted octanol–water partition coefficient (Wildman–Crippen LogP) is 3.99.